The molecule has 1 aliphatic carbocycles. The van der Waals surface area contributed by atoms with Crippen molar-refractivity contribution in [2.75, 3.05) is 0 Å². The molecule has 0 aliphatic heterocycles. The summed E-state index contributed by atoms with van der Waals surface area (Å²) < 4.78 is 36.2. The van der Waals surface area contributed by atoms with Gasteiger partial charge in [0.15, 0.2) is 0 Å². The van der Waals surface area contributed by atoms with Crippen LogP contribution in [-0.4, -0.2) is 17.6 Å². The van der Waals surface area contributed by atoms with Crippen LogP contribution in [0.5, 0.6) is 0 Å². The highest BCUT2D eigenvalue weighted by atomic mass is 19.4. The molecule has 1 saturated carbocycles. The van der Waals surface area contributed by atoms with E-state index >= 15 is 0 Å². The lowest BCUT2D eigenvalue weighted by atomic mass is 9.78. The van der Waals surface area contributed by atoms with E-state index in [1.807, 2.05) is 18.3 Å². The van der Waals surface area contributed by atoms with Crippen molar-refractivity contribution in [1.29, 1.82) is 5.26 Å². The second kappa shape index (κ2) is 4.32. The van der Waals surface area contributed by atoms with Crippen molar-refractivity contribution >= 4 is 5.91 Å². The molecule has 0 aromatic rings. The summed E-state index contributed by atoms with van der Waals surface area (Å²) >= 11 is 0. The molecule has 6 heteroatoms. The van der Waals surface area contributed by atoms with Gasteiger partial charge in [-0.2, -0.15) is 18.4 Å². The topological polar surface area (TPSA) is 52.9 Å². The quantitative estimate of drug-likeness (QED) is 0.755. The zero-order valence-electron chi connectivity index (χ0n) is 8.90. The number of amides is 1. The summed E-state index contributed by atoms with van der Waals surface area (Å²) in [5, 5.41) is 10.7. The Morgan fingerprint density at radius 2 is 1.94 bits per heavy atom. The van der Waals surface area contributed by atoms with E-state index in [-0.39, 0.29) is 12.8 Å². The first-order chi connectivity index (χ1) is 7.29. The SMILES string of the molecule is CC1CCC(C#N)(NC(=O)C(F)(F)F)CC1. The van der Waals surface area contributed by atoms with Crippen LogP contribution in [0.25, 0.3) is 0 Å². The summed E-state index contributed by atoms with van der Waals surface area (Å²) in [6, 6.07) is 1.81. The summed E-state index contributed by atoms with van der Waals surface area (Å²) in [6.07, 6.45) is -3.04. The third-order valence-corrected chi connectivity index (χ3v) is 2.95. The van der Waals surface area contributed by atoms with Crippen molar-refractivity contribution in [3.63, 3.8) is 0 Å². The molecule has 0 aromatic heterocycles. The Hall–Kier alpha value is -1.25. The van der Waals surface area contributed by atoms with Crippen LogP contribution in [0.1, 0.15) is 32.6 Å². The molecule has 0 saturated heterocycles. The van der Waals surface area contributed by atoms with Gasteiger partial charge in [0, 0.05) is 0 Å². The van der Waals surface area contributed by atoms with E-state index in [1.165, 1.54) is 0 Å². The molecule has 0 bridgehead atoms. The molecule has 16 heavy (non-hydrogen) atoms. The van der Waals surface area contributed by atoms with E-state index in [0.29, 0.717) is 18.8 Å². The van der Waals surface area contributed by atoms with Gasteiger partial charge < -0.3 is 5.32 Å². The average molecular weight is 234 g/mol. The van der Waals surface area contributed by atoms with Crippen molar-refractivity contribution < 1.29 is 18.0 Å². The molecule has 1 amide bonds. The number of halogens is 3. The Balaban J connectivity index is 2.70. The molecule has 0 radical (unpaired) electrons. The summed E-state index contributed by atoms with van der Waals surface area (Å²) in [7, 11) is 0. The maximum absolute atomic E-state index is 12.1. The molecule has 0 unspecified atom stereocenters. The maximum Gasteiger partial charge on any atom is 0.471 e. The first-order valence-electron chi connectivity index (χ1n) is 5.10. The average Bonchev–Trinajstić information content (AvgIpc) is 2.20. The van der Waals surface area contributed by atoms with E-state index in [2.05, 4.69) is 0 Å². The second-order valence-electron chi connectivity index (χ2n) is 4.33. The van der Waals surface area contributed by atoms with Gasteiger partial charge in [-0.05, 0) is 31.6 Å². The molecule has 3 nitrogen and oxygen atoms in total. The monoisotopic (exact) mass is 234 g/mol. The van der Waals surface area contributed by atoms with Crippen LogP contribution in [0.4, 0.5) is 13.2 Å². The van der Waals surface area contributed by atoms with Gasteiger partial charge in [0.2, 0.25) is 0 Å². The van der Waals surface area contributed by atoms with Gasteiger partial charge in [0.05, 0.1) is 6.07 Å². The highest BCUT2D eigenvalue weighted by Crippen LogP contribution is 2.32. The lowest BCUT2D eigenvalue weighted by Crippen LogP contribution is -2.53. The Morgan fingerprint density at radius 1 is 1.44 bits per heavy atom. The first-order valence-corrected chi connectivity index (χ1v) is 5.10. The normalized spacial score (nSPS) is 30.6. The number of hydrogen-bond donors (Lipinski definition) is 1. The molecule has 1 aliphatic rings. The Labute approximate surface area is 91.6 Å². The van der Waals surface area contributed by atoms with Gasteiger partial charge in [-0.3, -0.25) is 4.79 Å². The summed E-state index contributed by atoms with van der Waals surface area (Å²) in [5.41, 5.74) is -1.33. The number of nitrogens with zero attached hydrogens (tertiary/aromatic N) is 1. The Kier molecular flexibility index (Phi) is 3.46. The van der Waals surface area contributed by atoms with Crippen LogP contribution in [0.3, 0.4) is 0 Å². The highest BCUT2D eigenvalue weighted by molar-refractivity contribution is 5.82. The van der Waals surface area contributed by atoms with Crippen molar-refractivity contribution in [2.24, 2.45) is 5.92 Å². The van der Waals surface area contributed by atoms with E-state index in [4.69, 9.17) is 5.26 Å². The predicted molar refractivity (Wildman–Crippen MR) is 50.2 cm³/mol. The predicted octanol–water partition coefficient (Wildman–Crippen LogP) is 2.14. The van der Waals surface area contributed by atoms with Crippen LogP contribution in [0.15, 0.2) is 0 Å². The first kappa shape index (κ1) is 12.8. The molecule has 90 valence electrons. The zero-order chi connectivity index (χ0) is 12.4. The van der Waals surface area contributed by atoms with Crippen LogP contribution in [-0.2, 0) is 4.79 Å². The van der Waals surface area contributed by atoms with Crippen molar-refractivity contribution in [3.8, 4) is 6.07 Å². The minimum atomic E-state index is -4.92. The van der Waals surface area contributed by atoms with E-state index in [1.54, 1.807) is 0 Å². The number of carbonyl (C=O) groups is 1. The third kappa shape index (κ3) is 2.87. The van der Waals surface area contributed by atoms with Gasteiger partial charge in [-0.15, -0.1) is 0 Å². The lowest BCUT2D eigenvalue weighted by Gasteiger charge is -2.34. The van der Waals surface area contributed by atoms with Crippen molar-refractivity contribution in [2.45, 2.75) is 44.3 Å². The van der Waals surface area contributed by atoms with Gasteiger partial charge in [0.1, 0.15) is 5.54 Å². The summed E-state index contributed by atoms with van der Waals surface area (Å²) in [5.74, 6) is -1.63. The summed E-state index contributed by atoms with van der Waals surface area (Å²) in [4.78, 5) is 10.8. The van der Waals surface area contributed by atoms with E-state index in [0.717, 1.165) is 0 Å². The standard InChI is InChI=1S/C10H13F3N2O/c1-7-2-4-9(6-14,5-3-7)15-8(16)10(11,12)13/h7H,2-5H2,1H3,(H,15,16). The van der Waals surface area contributed by atoms with Gasteiger partial charge in [-0.1, -0.05) is 6.92 Å². The lowest BCUT2D eigenvalue weighted by molar-refractivity contribution is -0.175. The molecule has 0 heterocycles. The van der Waals surface area contributed by atoms with Crippen molar-refractivity contribution in [3.05, 3.63) is 0 Å². The molecular formula is C10H13F3N2O. The van der Waals surface area contributed by atoms with Gasteiger partial charge >= 0.3 is 12.1 Å². The number of nitrogens with one attached hydrogen (secondary N) is 1. The van der Waals surface area contributed by atoms with E-state index in [9.17, 15) is 18.0 Å². The largest absolute Gasteiger partial charge is 0.471 e. The summed E-state index contributed by atoms with van der Waals surface area (Å²) in [6.45, 7) is 1.98. The minimum Gasteiger partial charge on any atom is -0.330 e. The Morgan fingerprint density at radius 3 is 2.31 bits per heavy atom. The Bertz CT molecular complexity index is 311. The van der Waals surface area contributed by atoms with Gasteiger partial charge in [-0.25, -0.2) is 0 Å². The molecule has 1 N–H and O–H groups in total. The van der Waals surface area contributed by atoms with Crippen LogP contribution < -0.4 is 5.32 Å². The van der Waals surface area contributed by atoms with Crippen LogP contribution in [0, 0.1) is 17.2 Å². The highest BCUT2D eigenvalue weighted by Gasteiger charge is 2.45. The third-order valence-electron chi connectivity index (χ3n) is 2.95. The molecule has 0 aromatic carbocycles. The van der Waals surface area contributed by atoms with E-state index < -0.39 is 17.6 Å². The molecule has 0 spiro atoms. The fraction of sp³-hybridized carbons (Fsp3) is 0.800. The number of rotatable bonds is 1. The smallest absolute Gasteiger partial charge is 0.330 e. The fourth-order valence-electron chi connectivity index (χ4n) is 1.81. The molecule has 1 rings (SSSR count). The number of alkyl halides is 3. The number of nitriles is 1. The number of carbonyl (C=O) groups excluding carboxylic acids is 1. The zero-order valence-corrected chi connectivity index (χ0v) is 8.90. The van der Waals surface area contributed by atoms with Crippen LogP contribution in [0.2, 0.25) is 0 Å². The number of hydrogen-bond acceptors (Lipinski definition) is 2. The maximum atomic E-state index is 12.1. The fourth-order valence-corrected chi connectivity index (χ4v) is 1.81. The molecule has 0 atom stereocenters. The minimum absolute atomic E-state index is 0.284. The van der Waals surface area contributed by atoms with Gasteiger partial charge in [0.25, 0.3) is 0 Å². The molecule has 1 fully saturated rings. The van der Waals surface area contributed by atoms with Crippen LogP contribution >= 0.6 is 0 Å². The second-order valence-corrected chi connectivity index (χ2v) is 4.33. The molecular weight excluding hydrogens is 221 g/mol. The van der Waals surface area contributed by atoms with Crippen molar-refractivity contribution in [1.82, 2.24) is 5.32 Å².